The Morgan fingerprint density at radius 3 is 2.19 bits per heavy atom. The van der Waals surface area contributed by atoms with Crippen LogP contribution in [0.1, 0.15) is 25.0 Å². The summed E-state index contributed by atoms with van der Waals surface area (Å²) in [5.74, 6) is -0.0463. The third-order valence-corrected chi connectivity index (χ3v) is 3.55. The molecule has 1 aromatic carbocycles. The van der Waals surface area contributed by atoms with Crippen LogP contribution in [0.25, 0.3) is 0 Å². The van der Waals surface area contributed by atoms with E-state index in [1.807, 2.05) is 13.8 Å². The van der Waals surface area contributed by atoms with Gasteiger partial charge in [0.25, 0.3) is 0 Å². The quantitative estimate of drug-likeness (QED) is 0.910. The third kappa shape index (κ3) is 4.20. The summed E-state index contributed by atoms with van der Waals surface area (Å²) in [5.41, 5.74) is -0.0880. The Bertz CT molecular complexity index is 489. The maximum Gasteiger partial charge on any atom is 0.416 e. The molecule has 0 unspecified atom stereocenters. The van der Waals surface area contributed by atoms with Crippen LogP contribution in [0.2, 0.25) is 0 Å². The molecule has 1 heterocycles. The average molecular weight is 300 g/mol. The first-order chi connectivity index (χ1) is 9.75. The van der Waals surface area contributed by atoms with Gasteiger partial charge >= 0.3 is 6.18 Å². The van der Waals surface area contributed by atoms with Gasteiger partial charge in [-0.05, 0) is 31.5 Å². The molecule has 21 heavy (non-hydrogen) atoms. The number of hydrogen-bond donors (Lipinski definition) is 1. The molecule has 0 spiro atoms. The van der Waals surface area contributed by atoms with Crippen LogP contribution in [0.4, 0.5) is 13.2 Å². The van der Waals surface area contributed by atoms with Crippen LogP contribution in [0.3, 0.4) is 0 Å². The van der Waals surface area contributed by atoms with E-state index in [1.165, 1.54) is 12.1 Å². The van der Waals surface area contributed by atoms with Gasteiger partial charge in [-0.25, -0.2) is 0 Å². The molecule has 0 saturated carbocycles. The molecule has 6 heteroatoms. The maximum atomic E-state index is 12.5. The number of rotatable bonds is 2. The Labute approximate surface area is 122 Å². The Morgan fingerprint density at radius 2 is 1.71 bits per heavy atom. The first-order valence-corrected chi connectivity index (χ1v) is 6.95. The predicted molar refractivity (Wildman–Crippen MR) is 73.8 cm³/mol. The predicted octanol–water partition coefficient (Wildman–Crippen LogP) is 2.46. The van der Waals surface area contributed by atoms with Crippen molar-refractivity contribution in [2.45, 2.75) is 38.5 Å². The zero-order valence-electron chi connectivity index (χ0n) is 12.1. The Hall–Kier alpha value is -1.56. The highest BCUT2D eigenvalue weighted by Crippen LogP contribution is 2.29. The first kappa shape index (κ1) is 15.8. The highest BCUT2D eigenvalue weighted by Gasteiger charge is 2.30. The number of benzene rings is 1. The van der Waals surface area contributed by atoms with Crippen molar-refractivity contribution >= 4 is 5.91 Å². The van der Waals surface area contributed by atoms with E-state index in [-0.39, 0.29) is 24.4 Å². The van der Waals surface area contributed by atoms with Gasteiger partial charge in [0, 0.05) is 25.2 Å². The monoisotopic (exact) mass is 300 g/mol. The lowest BCUT2D eigenvalue weighted by Crippen LogP contribution is -2.56. The van der Waals surface area contributed by atoms with Crippen molar-refractivity contribution in [2.75, 3.05) is 13.1 Å². The molecular weight excluding hydrogens is 281 g/mol. The van der Waals surface area contributed by atoms with Crippen molar-refractivity contribution in [1.29, 1.82) is 0 Å². The van der Waals surface area contributed by atoms with Crippen LogP contribution in [0, 0.1) is 0 Å². The van der Waals surface area contributed by atoms with Gasteiger partial charge in [-0.3, -0.25) is 4.79 Å². The second-order valence-electron chi connectivity index (χ2n) is 5.64. The number of piperazine rings is 1. The minimum atomic E-state index is -4.34. The Morgan fingerprint density at radius 1 is 1.19 bits per heavy atom. The number of nitrogens with zero attached hydrogens (tertiary/aromatic N) is 1. The van der Waals surface area contributed by atoms with Crippen molar-refractivity contribution in [2.24, 2.45) is 0 Å². The van der Waals surface area contributed by atoms with Crippen molar-refractivity contribution in [3.8, 4) is 0 Å². The first-order valence-electron chi connectivity index (χ1n) is 6.95. The van der Waals surface area contributed by atoms with Gasteiger partial charge in [0.2, 0.25) is 5.91 Å². The standard InChI is InChI=1S/C15H19F3N2O/c1-10-8-20(9-11(2)19-10)14(21)7-12-3-5-13(6-4-12)15(16,17)18/h3-6,10-11,19H,7-9H2,1-2H3/t10-,11-/m0/s1. The van der Waals surface area contributed by atoms with Crippen LogP contribution in [-0.2, 0) is 17.4 Å². The van der Waals surface area contributed by atoms with Gasteiger partial charge in [0.05, 0.1) is 12.0 Å². The molecule has 1 amide bonds. The zero-order valence-corrected chi connectivity index (χ0v) is 12.1. The van der Waals surface area contributed by atoms with Crippen molar-refractivity contribution in [3.05, 3.63) is 35.4 Å². The molecule has 2 atom stereocenters. The van der Waals surface area contributed by atoms with Crippen LogP contribution >= 0.6 is 0 Å². The Kier molecular flexibility index (Phi) is 4.56. The highest BCUT2D eigenvalue weighted by atomic mass is 19.4. The number of carbonyl (C=O) groups is 1. The lowest BCUT2D eigenvalue weighted by atomic mass is 10.1. The molecule has 1 aromatic rings. The molecule has 0 bridgehead atoms. The van der Waals surface area contributed by atoms with E-state index in [0.29, 0.717) is 18.7 Å². The molecule has 116 valence electrons. The minimum absolute atomic E-state index is 0.0463. The van der Waals surface area contributed by atoms with E-state index in [4.69, 9.17) is 0 Å². The number of amides is 1. The fourth-order valence-corrected chi connectivity index (χ4v) is 2.63. The van der Waals surface area contributed by atoms with E-state index in [1.54, 1.807) is 4.90 Å². The number of nitrogens with one attached hydrogen (secondary N) is 1. The van der Waals surface area contributed by atoms with Gasteiger partial charge in [0.1, 0.15) is 0 Å². The molecule has 0 radical (unpaired) electrons. The summed E-state index contributed by atoms with van der Waals surface area (Å²) in [4.78, 5) is 14.0. The summed E-state index contributed by atoms with van der Waals surface area (Å²) in [7, 11) is 0. The van der Waals surface area contributed by atoms with Gasteiger partial charge in [0.15, 0.2) is 0 Å². The topological polar surface area (TPSA) is 32.3 Å². The fraction of sp³-hybridized carbons (Fsp3) is 0.533. The molecular formula is C15H19F3N2O. The van der Waals surface area contributed by atoms with Crippen LogP contribution in [-0.4, -0.2) is 36.0 Å². The van der Waals surface area contributed by atoms with E-state index in [0.717, 1.165) is 12.1 Å². The smallest absolute Gasteiger partial charge is 0.339 e. The summed E-state index contributed by atoms with van der Waals surface area (Å²) in [6.45, 7) is 5.27. The number of alkyl halides is 3. The van der Waals surface area contributed by atoms with E-state index in [9.17, 15) is 18.0 Å². The van der Waals surface area contributed by atoms with Crippen LogP contribution < -0.4 is 5.32 Å². The summed E-state index contributed by atoms with van der Waals surface area (Å²) >= 11 is 0. The molecule has 0 aromatic heterocycles. The molecule has 1 fully saturated rings. The third-order valence-electron chi connectivity index (χ3n) is 3.55. The normalized spacial score (nSPS) is 23.2. The zero-order chi connectivity index (χ0) is 15.6. The van der Waals surface area contributed by atoms with E-state index in [2.05, 4.69) is 5.32 Å². The molecule has 1 N–H and O–H groups in total. The second kappa shape index (κ2) is 6.05. The van der Waals surface area contributed by atoms with Crippen molar-refractivity contribution < 1.29 is 18.0 Å². The van der Waals surface area contributed by atoms with E-state index < -0.39 is 11.7 Å². The molecule has 3 nitrogen and oxygen atoms in total. The molecule has 1 aliphatic heterocycles. The summed E-state index contributed by atoms with van der Waals surface area (Å²) in [5, 5.41) is 3.33. The number of carbonyl (C=O) groups excluding carboxylic acids is 1. The van der Waals surface area contributed by atoms with Crippen LogP contribution in [0.5, 0.6) is 0 Å². The molecule has 1 aliphatic rings. The maximum absolute atomic E-state index is 12.5. The van der Waals surface area contributed by atoms with Crippen molar-refractivity contribution in [3.63, 3.8) is 0 Å². The molecule has 0 aliphatic carbocycles. The average Bonchev–Trinajstić information content (AvgIpc) is 2.37. The highest BCUT2D eigenvalue weighted by molar-refractivity contribution is 5.79. The molecule has 1 saturated heterocycles. The lowest BCUT2D eigenvalue weighted by Gasteiger charge is -2.36. The van der Waals surface area contributed by atoms with Gasteiger partial charge in [-0.15, -0.1) is 0 Å². The largest absolute Gasteiger partial charge is 0.416 e. The van der Waals surface area contributed by atoms with E-state index >= 15 is 0 Å². The summed E-state index contributed by atoms with van der Waals surface area (Å²) in [6.07, 6.45) is -4.20. The second-order valence-corrected chi connectivity index (χ2v) is 5.64. The van der Waals surface area contributed by atoms with Crippen LogP contribution in [0.15, 0.2) is 24.3 Å². The Balaban J connectivity index is 1.99. The number of halogens is 3. The van der Waals surface area contributed by atoms with Gasteiger partial charge in [-0.2, -0.15) is 13.2 Å². The molecule has 2 rings (SSSR count). The summed E-state index contributed by atoms with van der Waals surface area (Å²) < 4.78 is 37.4. The van der Waals surface area contributed by atoms with Gasteiger partial charge < -0.3 is 10.2 Å². The summed E-state index contributed by atoms with van der Waals surface area (Å²) in [6, 6.07) is 5.23. The lowest BCUT2D eigenvalue weighted by molar-refractivity contribution is -0.137. The SMILES string of the molecule is C[C@H]1CN(C(=O)Cc2ccc(C(F)(F)F)cc2)C[C@H](C)N1. The fourth-order valence-electron chi connectivity index (χ4n) is 2.63. The van der Waals surface area contributed by atoms with Crippen molar-refractivity contribution in [1.82, 2.24) is 10.2 Å². The number of hydrogen-bond acceptors (Lipinski definition) is 2. The minimum Gasteiger partial charge on any atom is -0.339 e. The van der Waals surface area contributed by atoms with Gasteiger partial charge in [-0.1, -0.05) is 12.1 Å².